The van der Waals surface area contributed by atoms with E-state index in [0.29, 0.717) is 17.3 Å². The van der Waals surface area contributed by atoms with Gasteiger partial charge in [0.1, 0.15) is 0 Å². The van der Waals surface area contributed by atoms with Crippen LogP contribution in [0.5, 0.6) is 0 Å². The lowest BCUT2D eigenvalue weighted by Crippen LogP contribution is -2.36. The molecule has 0 radical (unpaired) electrons. The lowest BCUT2D eigenvalue weighted by molar-refractivity contribution is 0.103. The highest BCUT2D eigenvalue weighted by Gasteiger charge is 2.39. The number of allylic oxidation sites excluding steroid dienone is 4. The molecule has 0 heteroatoms. The van der Waals surface area contributed by atoms with Gasteiger partial charge in [-0.15, -0.1) is 6.58 Å². The maximum absolute atomic E-state index is 4.46. The van der Waals surface area contributed by atoms with E-state index in [1.54, 1.807) is 0 Å². The first-order valence-electron chi connectivity index (χ1n) is 14.2. The molecule has 1 aliphatic rings. The largest absolute Gasteiger partial charge is 0.102 e. The summed E-state index contributed by atoms with van der Waals surface area (Å²) in [6.45, 7) is 32.8. The molecule has 0 saturated heterocycles. The van der Waals surface area contributed by atoms with Crippen molar-refractivity contribution in [2.45, 2.75) is 121 Å². The minimum Gasteiger partial charge on any atom is -0.102 e. The highest BCUT2D eigenvalue weighted by atomic mass is 14.4. The summed E-state index contributed by atoms with van der Waals surface area (Å²) in [5.74, 6) is 5.29. The summed E-state index contributed by atoms with van der Waals surface area (Å²) in [6, 6.07) is 0. The molecule has 0 aromatic rings. The second-order valence-corrected chi connectivity index (χ2v) is 13.4. The first-order valence-corrected chi connectivity index (χ1v) is 14.2. The van der Waals surface area contributed by atoms with Crippen molar-refractivity contribution in [3.8, 4) is 0 Å². The smallest absolute Gasteiger partial charge is 0.00302 e. The van der Waals surface area contributed by atoms with E-state index in [1.807, 2.05) is 0 Å². The molecule has 0 aromatic heterocycles. The average Bonchev–Trinajstić information content (AvgIpc) is 2.76. The summed E-state index contributed by atoms with van der Waals surface area (Å²) in [5, 5.41) is 0. The van der Waals surface area contributed by atoms with Crippen molar-refractivity contribution in [2.24, 2.45) is 52.3 Å². The van der Waals surface area contributed by atoms with Gasteiger partial charge in [-0.25, -0.2) is 0 Å². The fourth-order valence-electron chi connectivity index (χ4n) is 5.52. The van der Waals surface area contributed by atoms with Crippen LogP contribution in [0.3, 0.4) is 0 Å². The van der Waals surface area contributed by atoms with Gasteiger partial charge >= 0.3 is 0 Å². The van der Waals surface area contributed by atoms with Crippen molar-refractivity contribution >= 4 is 0 Å². The fourth-order valence-corrected chi connectivity index (χ4v) is 5.52. The molecule has 0 N–H and O–H groups in total. The van der Waals surface area contributed by atoms with Gasteiger partial charge in [0, 0.05) is 5.41 Å². The second-order valence-electron chi connectivity index (χ2n) is 13.4. The highest BCUT2D eigenvalue weighted by Crippen LogP contribution is 2.49. The van der Waals surface area contributed by atoms with E-state index >= 15 is 0 Å². The minimum absolute atomic E-state index is 0.107. The Morgan fingerprint density at radius 1 is 0.970 bits per heavy atom. The zero-order valence-electron chi connectivity index (χ0n) is 24.3. The summed E-state index contributed by atoms with van der Waals surface area (Å²) in [4.78, 5) is 0. The summed E-state index contributed by atoms with van der Waals surface area (Å²) >= 11 is 0. The van der Waals surface area contributed by atoms with Gasteiger partial charge in [0.05, 0.1) is 0 Å². The van der Waals surface area contributed by atoms with Gasteiger partial charge in [-0.2, -0.15) is 0 Å². The molecule has 33 heavy (non-hydrogen) atoms. The van der Waals surface area contributed by atoms with Gasteiger partial charge in [0.2, 0.25) is 0 Å². The topological polar surface area (TPSA) is 0 Å². The Kier molecular flexibility index (Phi) is 12.2. The molecule has 0 aliphatic heterocycles. The lowest BCUT2D eigenvalue weighted by Gasteiger charge is -2.45. The van der Waals surface area contributed by atoms with Gasteiger partial charge in [-0.3, -0.25) is 0 Å². The van der Waals surface area contributed by atoms with Crippen molar-refractivity contribution in [2.75, 3.05) is 0 Å². The Balaban J connectivity index is 2.56. The van der Waals surface area contributed by atoms with Crippen LogP contribution in [0, 0.1) is 52.3 Å². The fraction of sp³-hybridized carbons (Fsp3) is 0.818. The van der Waals surface area contributed by atoms with Crippen LogP contribution in [0.4, 0.5) is 0 Å². The third kappa shape index (κ3) is 9.41. The third-order valence-electron chi connectivity index (χ3n) is 10.1. The molecule has 1 fully saturated rings. The van der Waals surface area contributed by atoms with Crippen LogP contribution in [0.1, 0.15) is 121 Å². The molecule has 0 aromatic carbocycles. The van der Waals surface area contributed by atoms with Crippen molar-refractivity contribution in [1.82, 2.24) is 0 Å². The van der Waals surface area contributed by atoms with Gasteiger partial charge in [-0.1, -0.05) is 112 Å². The Bertz CT molecular complexity index is 620. The van der Waals surface area contributed by atoms with Crippen molar-refractivity contribution in [1.29, 1.82) is 0 Å². The number of hydrogen-bond donors (Lipinski definition) is 0. The van der Waals surface area contributed by atoms with Crippen molar-refractivity contribution in [3.05, 3.63) is 37.0 Å². The first-order chi connectivity index (χ1) is 15.2. The van der Waals surface area contributed by atoms with E-state index in [2.05, 4.69) is 101 Å². The Morgan fingerprint density at radius 3 is 2.12 bits per heavy atom. The van der Waals surface area contributed by atoms with E-state index in [1.165, 1.54) is 56.9 Å². The standard InChI is InChI=1S/C33H60/c1-13-33(12,23-21-28(7)27(6)16-15-26(5)24(2)3)22-20-25(4)14-19-31-29(8)17-18-30(9)32(31,10)11/h13,20,22,24-28,30-31H,1,8,14-19,21,23H2,2-7,9-12H3. The second kappa shape index (κ2) is 13.3. The molecule has 7 unspecified atom stereocenters. The molecule has 192 valence electrons. The van der Waals surface area contributed by atoms with E-state index in [9.17, 15) is 0 Å². The molecule has 0 heterocycles. The van der Waals surface area contributed by atoms with Gasteiger partial charge < -0.3 is 0 Å². The van der Waals surface area contributed by atoms with E-state index in [0.717, 1.165) is 29.6 Å². The Morgan fingerprint density at radius 2 is 1.55 bits per heavy atom. The maximum Gasteiger partial charge on any atom is 0.00302 e. The predicted molar refractivity (Wildman–Crippen MR) is 151 cm³/mol. The van der Waals surface area contributed by atoms with Crippen LogP contribution in [0.15, 0.2) is 37.0 Å². The maximum atomic E-state index is 4.46. The molecule has 0 bridgehead atoms. The molecular weight excluding hydrogens is 396 g/mol. The van der Waals surface area contributed by atoms with Gasteiger partial charge in [-0.05, 0) is 85.4 Å². The number of hydrogen-bond acceptors (Lipinski definition) is 0. The molecule has 0 amide bonds. The summed E-state index contributed by atoms with van der Waals surface area (Å²) in [7, 11) is 0. The van der Waals surface area contributed by atoms with Gasteiger partial charge in [0.15, 0.2) is 0 Å². The molecule has 0 nitrogen and oxygen atoms in total. The normalized spacial score (nSPS) is 26.7. The van der Waals surface area contributed by atoms with Crippen LogP contribution in [-0.2, 0) is 0 Å². The van der Waals surface area contributed by atoms with Gasteiger partial charge in [0.25, 0.3) is 0 Å². The van der Waals surface area contributed by atoms with Crippen molar-refractivity contribution < 1.29 is 0 Å². The lowest BCUT2D eigenvalue weighted by atomic mass is 9.60. The third-order valence-corrected chi connectivity index (χ3v) is 10.1. The van der Waals surface area contributed by atoms with Crippen LogP contribution >= 0.6 is 0 Å². The molecule has 1 aliphatic carbocycles. The highest BCUT2D eigenvalue weighted by molar-refractivity contribution is 5.12. The molecule has 1 saturated carbocycles. The SMILES string of the molecule is C=CC(C)(C=CC(C)CCC1C(=C)CCC(C)C1(C)C)CCC(C)C(C)CCC(C)C(C)C. The zero-order chi connectivity index (χ0) is 25.4. The quantitative estimate of drug-likeness (QED) is 0.228. The summed E-state index contributed by atoms with van der Waals surface area (Å²) < 4.78 is 0. The molecule has 1 rings (SSSR count). The molecule has 7 atom stereocenters. The van der Waals surface area contributed by atoms with Crippen LogP contribution in [-0.4, -0.2) is 0 Å². The number of rotatable bonds is 14. The van der Waals surface area contributed by atoms with Crippen LogP contribution < -0.4 is 0 Å². The Labute approximate surface area is 209 Å². The zero-order valence-corrected chi connectivity index (χ0v) is 24.3. The summed E-state index contributed by atoms with van der Waals surface area (Å²) in [5.41, 5.74) is 1.99. The average molecular weight is 457 g/mol. The molecule has 0 spiro atoms. The monoisotopic (exact) mass is 456 g/mol. The summed E-state index contributed by atoms with van der Waals surface area (Å²) in [6.07, 6.45) is 17.4. The first kappa shape index (κ1) is 30.3. The molecular formula is C33H60. The minimum atomic E-state index is 0.107. The van der Waals surface area contributed by atoms with E-state index in [4.69, 9.17) is 0 Å². The van der Waals surface area contributed by atoms with Crippen molar-refractivity contribution in [3.63, 3.8) is 0 Å². The Hall–Kier alpha value is -0.780. The van der Waals surface area contributed by atoms with E-state index in [-0.39, 0.29) is 5.41 Å². The van der Waals surface area contributed by atoms with Crippen LogP contribution in [0.25, 0.3) is 0 Å². The van der Waals surface area contributed by atoms with E-state index < -0.39 is 0 Å². The van der Waals surface area contributed by atoms with Crippen LogP contribution in [0.2, 0.25) is 0 Å². The predicted octanol–water partition coefficient (Wildman–Crippen LogP) is 10.9.